The number of benzene rings is 3. The van der Waals surface area contributed by atoms with Gasteiger partial charge in [0.2, 0.25) is 0 Å². The number of hydrogen-bond acceptors (Lipinski definition) is 2. The molecular formula is C20H16O2. The number of fused-ring (bicyclic) bond motifs is 1. The molecule has 1 aliphatic rings. The molecule has 0 fully saturated rings. The van der Waals surface area contributed by atoms with E-state index in [4.69, 9.17) is 9.47 Å². The van der Waals surface area contributed by atoms with Crippen molar-refractivity contribution in [1.82, 2.24) is 0 Å². The fourth-order valence-corrected chi connectivity index (χ4v) is 3.13. The maximum Gasteiger partial charge on any atom is 0.190 e. The Morgan fingerprint density at radius 2 is 1.18 bits per heavy atom. The zero-order chi connectivity index (χ0) is 14.8. The fourth-order valence-electron chi connectivity index (χ4n) is 3.13. The van der Waals surface area contributed by atoms with Gasteiger partial charge in [0, 0.05) is 5.56 Å². The van der Waals surface area contributed by atoms with E-state index < -0.39 is 5.60 Å². The zero-order valence-electron chi connectivity index (χ0n) is 12.1. The van der Waals surface area contributed by atoms with Crippen LogP contribution in [-0.4, -0.2) is 6.79 Å². The van der Waals surface area contributed by atoms with Crippen LogP contribution in [0.4, 0.5) is 0 Å². The Balaban J connectivity index is 2.04. The van der Waals surface area contributed by atoms with Crippen LogP contribution in [0.25, 0.3) is 0 Å². The molecule has 1 heterocycles. The molecule has 0 bridgehead atoms. The van der Waals surface area contributed by atoms with Gasteiger partial charge in [-0.25, -0.2) is 0 Å². The quantitative estimate of drug-likeness (QED) is 0.698. The molecule has 0 spiro atoms. The van der Waals surface area contributed by atoms with E-state index in [0.29, 0.717) is 0 Å². The van der Waals surface area contributed by atoms with Crippen molar-refractivity contribution in [3.05, 3.63) is 102 Å². The number of hydrogen-bond donors (Lipinski definition) is 0. The van der Waals surface area contributed by atoms with Crippen LogP contribution in [0.3, 0.4) is 0 Å². The van der Waals surface area contributed by atoms with E-state index >= 15 is 0 Å². The summed E-state index contributed by atoms with van der Waals surface area (Å²) in [6, 6.07) is 28.7. The Labute approximate surface area is 129 Å². The van der Waals surface area contributed by atoms with Crippen molar-refractivity contribution >= 4 is 0 Å². The molecule has 0 saturated carbocycles. The summed E-state index contributed by atoms with van der Waals surface area (Å²) in [7, 11) is 0. The van der Waals surface area contributed by atoms with Gasteiger partial charge >= 0.3 is 0 Å². The summed E-state index contributed by atoms with van der Waals surface area (Å²) in [5, 5.41) is 0. The molecule has 0 aliphatic carbocycles. The van der Waals surface area contributed by atoms with Gasteiger partial charge in [-0.1, -0.05) is 78.9 Å². The molecule has 2 nitrogen and oxygen atoms in total. The minimum Gasteiger partial charge on any atom is -0.467 e. The van der Waals surface area contributed by atoms with Crippen molar-refractivity contribution < 1.29 is 9.47 Å². The predicted octanol–water partition coefficient (Wildman–Crippen LogP) is 4.35. The molecular weight excluding hydrogens is 272 g/mol. The third kappa shape index (κ3) is 1.92. The highest BCUT2D eigenvalue weighted by Crippen LogP contribution is 2.46. The van der Waals surface area contributed by atoms with Gasteiger partial charge in [-0.05, 0) is 17.2 Å². The Morgan fingerprint density at radius 1 is 0.636 bits per heavy atom. The minimum atomic E-state index is -0.628. The number of ether oxygens (including phenoxy) is 2. The lowest BCUT2D eigenvalue weighted by molar-refractivity contribution is -0.0875. The van der Waals surface area contributed by atoms with Gasteiger partial charge < -0.3 is 9.47 Å². The van der Waals surface area contributed by atoms with Gasteiger partial charge in [-0.3, -0.25) is 0 Å². The van der Waals surface area contributed by atoms with Crippen LogP contribution in [0.15, 0.2) is 84.9 Å². The van der Waals surface area contributed by atoms with Gasteiger partial charge in [0.05, 0.1) is 0 Å². The summed E-state index contributed by atoms with van der Waals surface area (Å²) in [6.45, 7) is 0.237. The van der Waals surface area contributed by atoms with Crippen molar-refractivity contribution in [3.8, 4) is 5.75 Å². The van der Waals surface area contributed by atoms with Crippen LogP contribution >= 0.6 is 0 Å². The lowest BCUT2D eigenvalue weighted by Crippen LogP contribution is -2.38. The highest BCUT2D eigenvalue weighted by atomic mass is 16.7. The predicted molar refractivity (Wildman–Crippen MR) is 85.8 cm³/mol. The summed E-state index contributed by atoms with van der Waals surface area (Å²) in [5.41, 5.74) is 2.63. The lowest BCUT2D eigenvalue weighted by Gasteiger charge is -2.39. The first kappa shape index (κ1) is 13.1. The van der Waals surface area contributed by atoms with Crippen molar-refractivity contribution in [1.29, 1.82) is 0 Å². The second kappa shape index (κ2) is 5.32. The van der Waals surface area contributed by atoms with Crippen molar-refractivity contribution in [2.75, 3.05) is 6.79 Å². The Morgan fingerprint density at radius 3 is 1.82 bits per heavy atom. The Bertz CT molecular complexity index is 726. The Kier molecular flexibility index (Phi) is 3.17. The highest BCUT2D eigenvalue weighted by molar-refractivity contribution is 5.53. The summed E-state index contributed by atoms with van der Waals surface area (Å²) >= 11 is 0. The van der Waals surface area contributed by atoms with Crippen LogP contribution in [0.1, 0.15) is 16.7 Å². The molecule has 3 aromatic carbocycles. The first-order valence-corrected chi connectivity index (χ1v) is 7.38. The minimum absolute atomic E-state index is 0.237. The zero-order valence-corrected chi connectivity index (χ0v) is 12.1. The summed E-state index contributed by atoms with van der Waals surface area (Å²) in [6.07, 6.45) is 0. The van der Waals surface area contributed by atoms with Crippen molar-refractivity contribution in [3.63, 3.8) is 0 Å². The average Bonchev–Trinajstić information content (AvgIpc) is 2.63. The van der Waals surface area contributed by atoms with Crippen LogP contribution in [-0.2, 0) is 10.3 Å². The molecule has 22 heavy (non-hydrogen) atoms. The van der Waals surface area contributed by atoms with E-state index in [0.717, 1.165) is 22.4 Å². The first-order valence-electron chi connectivity index (χ1n) is 7.38. The van der Waals surface area contributed by atoms with Gasteiger partial charge in [0.25, 0.3) is 0 Å². The molecule has 0 unspecified atom stereocenters. The first-order chi connectivity index (χ1) is 10.9. The van der Waals surface area contributed by atoms with Gasteiger partial charge in [-0.2, -0.15) is 0 Å². The van der Waals surface area contributed by atoms with E-state index in [1.54, 1.807) is 0 Å². The third-order valence-electron chi connectivity index (χ3n) is 4.12. The molecule has 0 atom stereocenters. The number of para-hydroxylation sites is 1. The van der Waals surface area contributed by atoms with Gasteiger partial charge in [-0.15, -0.1) is 0 Å². The van der Waals surface area contributed by atoms with E-state index in [9.17, 15) is 0 Å². The monoisotopic (exact) mass is 288 g/mol. The molecule has 108 valence electrons. The number of rotatable bonds is 2. The second-order valence-corrected chi connectivity index (χ2v) is 5.32. The van der Waals surface area contributed by atoms with Crippen molar-refractivity contribution in [2.24, 2.45) is 0 Å². The molecule has 0 amide bonds. The SMILES string of the molecule is c1ccc(C2(c3ccccc3)OCOc3ccccc32)cc1. The molecule has 0 saturated heterocycles. The molecule has 0 aromatic heterocycles. The molecule has 4 rings (SSSR count). The van der Waals surface area contributed by atoms with Crippen molar-refractivity contribution in [2.45, 2.75) is 5.60 Å². The maximum atomic E-state index is 6.24. The van der Waals surface area contributed by atoms with E-state index in [1.165, 1.54) is 0 Å². The van der Waals surface area contributed by atoms with Gasteiger partial charge in [0.1, 0.15) is 5.75 Å². The normalized spacial score (nSPS) is 15.6. The molecule has 2 heteroatoms. The average molecular weight is 288 g/mol. The smallest absolute Gasteiger partial charge is 0.190 e. The van der Waals surface area contributed by atoms with E-state index in [1.807, 2.05) is 54.6 Å². The molecule has 0 N–H and O–H groups in total. The standard InChI is InChI=1S/C20H16O2/c1-3-9-16(10-4-1)20(17-11-5-2-6-12-17)18-13-7-8-14-19(18)21-15-22-20/h1-14H,15H2. The second-order valence-electron chi connectivity index (χ2n) is 5.32. The summed E-state index contributed by atoms with van der Waals surface area (Å²) < 4.78 is 11.9. The largest absolute Gasteiger partial charge is 0.467 e. The fraction of sp³-hybridized carbons (Fsp3) is 0.100. The molecule has 0 radical (unpaired) electrons. The van der Waals surface area contributed by atoms with Gasteiger partial charge in [0.15, 0.2) is 12.4 Å². The highest BCUT2D eigenvalue weighted by Gasteiger charge is 2.42. The van der Waals surface area contributed by atoms with Crippen LogP contribution < -0.4 is 4.74 Å². The lowest BCUT2D eigenvalue weighted by atomic mass is 9.79. The summed E-state index contributed by atoms with van der Waals surface area (Å²) in [5.74, 6) is 0.876. The topological polar surface area (TPSA) is 18.5 Å². The van der Waals surface area contributed by atoms with Crippen LogP contribution in [0, 0.1) is 0 Å². The van der Waals surface area contributed by atoms with E-state index in [2.05, 4.69) is 30.3 Å². The van der Waals surface area contributed by atoms with Crippen LogP contribution in [0.2, 0.25) is 0 Å². The summed E-state index contributed by atoms with van der Waals surface area (Å²) in [4.78, 5) is 0. The third-order valence-corrected chi connectivity index (χ3v) is 4.12. The molecule has 1 aliphatic heterocycles. The molecule has 3 aromatic rings. The maximum absolute atomic E-state index is 6.24. The van der Waals surface area contributed by atoms with Crippen LogP contribution in [0.5, 0.6) is 5.75 Å². The Hall–Kier alpha value is -2.58. The van der Waals surface area contributed by atoms with E-state index in [-0.39, 0.29) is 6.79 Å².